The summed E-state index contributed by atoms with van der Waals surface area (Å²) in [4.78, 5) is 10.9. The number of hydrazone groups is 1. The summed E-state index contributed by atoms with van der Waals surface area (Å²) in [6.07, 6.45) is 0.318. The highest BCUT2D eigenvalue weighted by molar-refractivity contribution is 5.94. The van der Waals surface area contributed by atoms with E-state index in [1.54, 1.807) is 6.92 Å². The maximum absolute atomic E-state index is 10.9. The van der Waals surface area contributed by atoms with Crippen molar-refractivity contribution < 1.29 is 10.0 Å². The number of amides is 1. The van der Waals surface area contributed by atoms with Crippen molar-refractivity contribution in [2.75, 3.05) is 0 Å². The zero-order chi connectivity index (χ0) is 8.65. The topological polar surface area (TPSA) is 52.9 Å². The molecule has 1 rings (SSSR count). The van der Waals surface area contributed by atoms with Gasteiger partial charge in [0.1, 0.15) is 0 Å². The van der Waals surface area contributed by atoms with E-state index in [1.807, 2.05) is 13.8 Å². The van der Waals surface area contributed by atoms with Crippen LogP contribution in [0.5, 0.6) is 0 Å². The molecular formula is C7H12N2O2. The van der Waals surface area contributed by atoms with Crippen LogP contribution in [0.4, 0.5) is 0 Å². The standard InChI is InChI=1S/C7H12N2O2/c1-5-7(2,3)4-6(10)9(11)8-5/h11H,4H2,1-3H3. The second kappa shape index (κ2) is 2.30. The quantitative estimate of drug-likeness (QED) is 0.532. The van der Waals surface area contributed by atoms with Crippen LogP contribution in [0.1, 0.15) is 27.2 Å². The summed E-state index contributed by atoms with van der Waals surface area (Å²) in [7, 11) is 0. The third kappa shape index (κ3) is 1.40. The summed E-state index contributed by atoms with van der Waals surface area (Å²) in [5.41, 5.74) is 0.565. The van der Waals surface area contributed by atoms with Crippen molar-refractivity contribution in [3.63, 3.8) is 0 Å². The van der Waals surface area contributed by atoms with Crippen LogP contribution in [0.25, 0.3) is 0 Å². The Hall–Kier alpha value is -0.900. The summed E-state index contributed by atoms with van der Waals surface area (Å²) in [6, 6.07) is 0. The molecule has 0 aromatic rings. The monoisotopic (exact) mass is 156 g/mol. The predicted octanol–water partition coefficient (Wildman–Crippen LogP) is 1.01. The van der Waals surface area contributed by atoms with Crippen LogP contribution < -0.4 is 0 Å². The molecule has 0 saturated heterocycles. The zero-order valence-electron chi connectivity index (χ0n) is 6.96. The molecule has 0 aromatic carbocycles. The minimum absolute atomic E-state index is 0.212. The highest BCUT2D eigenvalue weighted by atomic mass is 16.5. The SMILES string of the molecule is CC1=NN(O)C(=O)CC1(C)C. The third-order valence-corrected chi connectivity index (χ3v) is 2.04. The first-order valence-electron chi connectivity index (χ1n) is 3.51. The summed E-state index contributed by atoms with van der Waals surface area (Å²) >= 11 is 0. The van der Waals surface area contributed by atoms with Gasteiger partial charge >= 0.3 is 0 Å². The average Bonchev–Trinajstić information content (AvgIpc) is 1.83. The molecule has 0 saturated carbocycles. The van der Waals surface area contributed by atoms with E-state index in [9.17, 15) is 4.79 Å². The van der Waals surface area contributed by atoms with Crippen molar-refractivity contribution >= 4 is 11.6 Å². The second-order valence-corrected chi connectivity index (χ2v) is 3.43. The molecule has 1 aliphatic heterocycles. The Kier molecular flexibility index (Phi) is 1.72. The molecule has 62 valence electrons. The molecule has 4 nitrogen and oxygen atoms in total. The first-order valence-corrected chi connectivity index (χ1v) is 3.51. The molecule has 0 spiro atoms. The van der Waals surface area contributed by atoms with E-state index in [0.717, 1.165) is 5.71 Å². The normalized spacial score (nSPS) is 23.5. The van der Waals surface area contributed by atoms with E-state index in [-0.39, 0.29) is 11.3 Å². The van der Waals surface area contributed by atoms with Crippen molar-refractivity contribution in [3.05, 3.63) is 0 Å². The van der Waals surface area contributed by atoms with Gasteiger partial charge in [-0.25, -0.2) is 0 Å². The molecule has 1 heterocycles. The molecule has 1 N–H and O–H groups in total. The van der Waals surface area contributed by atoms with Crippen LogP contribution >= 0.6 is 0 Å². The van der Waals surface area contributed by atoms with E-state index < -0.39 is 0 Å². The molecule has 0 aliphatic carbocycles. The Morgan fingerprint density at radius 3 is 2.64 bits per heavy atom. The van der Waals surface area contributed by atoms with Gasteiger partial charge in [0.15, 0.2) is 0 Å². The number of hydrogen-bond donors (Lipinski definition) is 1. The van der Waals surface area contributed by atoms with Gasteiger partial charge in [0.2, 0.25) is 0 Å². The van der Waals surface area contributed by atoms with Gasteiger partial charge in [0.05, 0.1) is 0 Å². The van der Waals surface area contributed by atoms with Crippen molar-refractivity contribution in [2.24, 2.45) is 10.5 Å². The van der Waals surface area contributed by atoms with Crippen LogP contribution in [0.3, 0.4) is 0 Å². The van der Waals surface area contributed by atoms with Crippen LogP contribution in [-0.4, -0.2) is 22.0 Å². The molecule has 0 unspecified atom stereocenters. The van der Waals surface area contributed by atoms with Crippen LogP contribution in [0.15, 0.2) is 5.10 Å². The minimum Gasteiger partial charge on any atom is -0.270 e. The summed E-state index contributed by atoms with van der Waals surface area (Å²) < 4.78 is 0. The Morgan fingerprint density at radius 1 is 1.64 bits per heavy atom. The van der Waals surface area contributed by atoms with Gasteiger partial charge in [-0.05, 0) is 6.92 Å². The molecule has 11 heavy (non-hydrogen) atoms. The molecular weight excluding hydrogens is 144 g/mol. The maximum atomic E-state index is 10.9. The first-order chi connectivity index (χ1) is 4.93. The lowest BCUT2D eigenvalue weighted by Gasteiger charge is -2.29. The molecule has 0 fully saturated rings. The zero-order valence-corrected chi connectivity index (χ0v) is 6.96. The van der Waals surface area contributed by atoms with Gasteiger partial charge < -0.3 is 0 Å². The Morgan fingerprint density at radius 2 is 2.18 bits per heavy atom. The number of nitrogens with zero attached hydrogens (tertiary/aromatic N) is 2. The first kappa shape index (κ1) is 8.20. The smallest absolute Gasteiger partial charge is 0.269 e. The average molecular weight is 156 g/mol. The minimum atomic E-state index is -0.347. The lowest BCUT2D eigenvalue weighted by molar-refractivity contribution is -0.169. The van der Waals surface area contributed by atoms with E-state index >= 15 is 0 Å². The van der Waals surface area contributed by atoms with Gasteiger partial charge in [-0.15, -0.1) is 5.17 Å². The number of rotatable bonds is 0. The fourth-order valence-electron chi connectivity index (χ4n) is 0.910. The highest BCUT2D eigenvalue weighted by Gasteiger charge is 2.32. The Balaban J connectivity index is 2.95. The summed E-state index contributed by atoms with van der Waals surface area (Å²) in [6.45, 7) is 5.66. The molecule has 0 atom stereocenters. The number of carbonyl (C=O) groups is 1. The summed E-state index contributed by atoms with van der Waals surface area (Å²) in [5.74, 6) is -0.347. The lowest BCUT2D eigenvalue weighted by Crippen LogP contribution is -2.38. The van der Waals surface area contributed by atoms with Crippen molar-refractivity contribution in [2.45, 2.75) is 27.2 Å². The molecule has 4 heteroatoms. The maximum Gasteiger partial charge on any atom is 0.269 e. The van der Waals surface area contributed by atoms with E-state index in [0.29, 0.717) is 11.6 Å². The van der Waals surface area contributed by atoms with Crippen LogP contribution in [0, 0.1) is 5.41 Å². The van der Waals surface area contributed by atoms with Gasteiger partial charge in [0.25, 0.3) is 5.91 Å². The third-order valence-electron chi connectivity index (χ3n) is 2.04. The van der Waals surface area contributed by atoms with Crippen molar-refractivity contribution in [1.29, 1.82) is 0 Å². The van der Waals surface area contributed by atoms with Gasteiger partial charge in [0, 0.05) is 17.5 Å². The van der Waals surface area contributed by atoms with E-state index in [4.69, 9.17) is 5.21 Å². The van der Waals surface area contributed by atoms with Gasteiger partial charge in [-0.1, -0.05) is 13.8 Å². The van der Waals surface area contributed by atoms with Crippen molar-refractivity contribution in [3.8, 4) is 0 Å². The van der Waals surface area contributed by atoms with Crippen molar-refractivity contribution in [1.82, 2.24) is 5.17 Å². The molecule has 1 aliphatic rings. The fraction of sp³-hybridized carbons (Fsp3) is 0.714. The van der Waals surface area contributed by atoms with E-state index in [1.165, 1.54) is 0 Å². The van der Waals surface area contributed by atoms with Crippen LogP contribution in [0.2, 0.25) is 0 Å². The van der Waals surface area contributed by atoms with Crippen LogP contribution in [-0.2, 0) is 4.79 Å². The second-order valence-electron chi connectivity index (χ2n) is 3.43. The fourth-order valence-corrected chi connectivity index (χ4v) is 0.910. The number of hydroxylamine groups is 1. The van der Waals surface area contributed by atoms with Gasteiger partial charge in [-0.2, -0.15) is 5.10 Å². The Bertz CT molecular complexity index is 220. The lowest BCUT2D eigenvalue weighted by atomic mass is 9.83. The van der Waals surface area contributed by atoms with Gasteiger partial charge in [-0.3, -0.25) is 10.0 Å². The Labute approximate surface area is 65.5 Å². The molecule has 0 aromatic heterocycles. The molecule has 1 amide bonds. The van der Waals surface area contributed by atoms with E-state index in [2.05, 4.69) is 5.10 Å². The largest absolute Gasteiger partial charge is 0.270 e. The number of carbonyl (C=O) groups excluding carboxylic acids is 1. The molecule has 0 radical (unpaired) electrons. The highest BCUT2D eigenvalue weighted by Crippen LogP contribution is 2.27. The number of hydrogen-bond acceptors (Lipinski definition) is 3. The predicted molar refractivity (Wildman–Crippen MR) is 40.1 cm³/mol. The molecule has 0 bridgehead atoms. The summed E-state index contributed by atoms with van der Waals surface area (Å²) in [5, 5.41) is 13.0.